The molecule has 0 saturated heterocycles. The Hall–Kier alpha value is -0.350. The first-order valence-corrected chi connectivity index (χ1v) is 3.12. The molecule has 3 N–H and O–H groups in total. The fourth-order valence-electron chi connectivity index (χ4n) is 0.535. The van der Waals surface area contributed by atoms with Gasteiger partial charge in [-0.1, -0.05) is 0 Å². The summed E-state index contributed by atoms with van der Waals surface area (Å²) in [6, 6.07) is 0.201. The highest BCUT2D eigenvalue weighted by molar-refractivity contribution is 7.80. The topological polar surface area (TPSA) is 47.3 Å². The predicted octanol–water partition coefficient (Wildman–Crippen LogP) is -0.145. The van der Waals surface area contributed by atoms with Gasteiger partial charge >= 0.3 is 0 Å². The highest BCUT2D eigenvalue weighted by Gasteiger charge is 1.98. The fraction of sp³-hybridized carbons (Fsp3) is 0.800. The van der Waals surface area contributed by atoms with E-state index in [2.05, 4.69) is 17.5 Å². The zero-order valence-electron chi connectivity index (χ0n) is 5.68. The summed E-state index contributed by atoms with van der Waals surface area (Å²) in [6.45, 7) is 2.57. The maximum Gasteiger partial charge on any atom is 0.163 e. The summed E-state index contributed by atoms with van der Waals surface area (Å²) >= 11 is 4.60. The molecule has 0 aliphatic heterocycles. The molecule has 0 aromatic rings. The van der Waals surface area contributed by atoms with Crippen molar-refractivity contribution >= 4 is 17.3 Å². The van der Waals surface area contributed by atoms with Crippen LogP contribution in [0.1, 0.15) is 6.92 Å². The summed E-state index contributed by atoms with van der Waals surface area (Å²) in [4.78, 5) is 0. The number of nitrogens with one attached hydrogen (secondary N) is 1. The van der Waals surface area contributed by atoms with Crippen molar-refractivity contribution in [1.29, 1.82) is 0 Å². The normalized spacial score (nSPS) is 12.7. The number of methoxy groups -OCH3 is 1. The van der Waals surface area contributed by atoms with Crippen LogP contribution in [0.25, 0.3) is 0 Å². The third-order valence-corrected chi connectivity index (χ3v) is 0.923. The van der Waals surface area contributed by atoms with Gasteiger partial charge < -0.3 is 15.8 Å². The molecular weight excluding hydrogens is 136 g/mol. The summed E-state index contributed by atoms with van der Waals surface area (Å²) in [7, 11) is 1.64. The molecular formula is C5H12N2OS. The Morgan fingerprint density at radius 2 is 2.44 bits per heavy atom. The van der Waals surface area contributed by atoms with E-state index in [1.54, 1.807) is 7.11 Å². The lowest BCUT2D eigenvalue weighted by atomic mass is 10.4. The molecule has 0 heterocycles. The number of nitrogens with two attached hydrogens (primary N) is 1. The van der Waals surface area contributed by atoms with Gasteiger partial charge in [0, 0.05) is 13.2 Å². The van der Waals surface area contributed by atoms with Crippen molar-refractivity contribution in [2.24, 2.45) is 5.73 Å². The molecule has 4 heteroatoms. The monoisotopic (exact) mass is 148 g/mol. The van der Waals surface area contributed by atoms with E-state index >= 15 is 0 Å². The Labute approximate surface area is 60.6 Å². The standard InChI is InChI=1S/C5H12N2OS/c1-4(3-8-2)7-5(6)9/h4H,3H2,1-2H3,(H3,6,7,9)/t4-/m1/s1. The quantitative estimate of drug-likeness (QED) is 0.547. The Kier molecular flexibility index (Phi) is 4.35. The average molecular weight is 148 g/mol. The maximum atomic E-state index is 5.19. The summed E-state index contributed by atoms with van der Waals surface area (Å²) in [5, 5.41) is 3.15. The molecule has 1 atom stereocenters. The Bertz CT molecular complexity index is 97.0. The predicted molar refractivity (Wildman–Crippen MR) is 41.3 cm³/mol. The average Bonchev–Trinajstić information content (AvgIpc) is 1.63. The van der Waals surface area contributed by atoms with Crippen LogP contribution in [0.5, 0.6) is 0 Å². The van der Waals surface area contributed by atoms with E-state index in [4.69, 9.17) is 10.5 Å². The van der Waals surface area contributed by atoms with Crippen LogP contribution in [0.15, 0.2) is 0 Å². The molecule has 0 bridgehead atoms. The molecule has 0 unspecified atom stereocenters. The van der Waals surface area contributed by atoms with Crippen molar-refractivity contribution in [3.05, 3.63) is 0 Å². The maximum absolute atomic E-state index is 5.19. The van der Waals surface area contributed by atoms with Gasteiger partial charge in [0.1, 0.15) is 0 Å². The lowest BCUT2D eigenvalue weighted by Gasteiger charge is -2.11. The molecule has 54 valence electrons. The van der Waals surface area contributed by atoms with Crippen molar-refractivity contribution in [2.45, 2.75) is 13.0 Å². The Morgan fingerprint density at radius 1 is 1.89 bits per heavy atom. The third-order valence-electron chi connectivity index (χ3n) is 0.805. The van der Waals surface area contributed by atoms with E-state index in [1.807, 2.05) is 6.92 Å². The van der Waals surface area contributed by atoms with Crippen molar-refractivity contribution in [1.82, 2.24) is 5.32 Å². The first kappa shape index (κ1) is 8.65. The van der Waals surface area contributed by atoms with Crippen molar-refractivity contribution < 1.29 is 4.74 Å². The van der Waals surface area contributed by atoms with Gasteiger partial charge in [0.25, 0.3) is 0 Å². The highest BCUT2D eigenvalue weighted by Crippen LogP contribution is 1.79. The van der Waals surface area contributed by atoms with Crippen LogP contribution in [0.2, 0.25) is 0 Å². The largest absolute Gasteiger partial charge is 0.383 e. The minimum Gasteiger partial charge on any atom is -0.383 e. The molecule has 0 saturated carbocycles. The van der Waals surface area contributed by atoms with Crippen molar-refractivity contribution in [3.63, 3.8) is 0 Å². The number of hydrogen-bond donors (Lipinski definition) is 2. The van der Waals surface area contributed by atoms with Crippen molar-refractivity contribution in [2.75, 3.05) is 13.7 Å². The number of hydrogen-bond acceptors (Lipinski definition) is 2. The third kappa shape index (κ3) is 5.52. The van der Waals surface area contributed by atoms with Crippen LogP contribution in [-0.2, 0) is 4.74 Å². The number of thiocarbonyl (C=S) groups is 1. The Balaban J connectivity index is 3.26. The first-order valence-electron chi connectivity index (χ1n) is 2.71. The van der Waals surface area contributed by atoms with Crippen LogP contribution in [0, 0.1) is 0 Å². The highest BCUT2D eigenvalue weighted by atomic mass is 32.1. The van der Waals surface area contributed by atoms with E-state index in [0.29, 0.717) is 11.7 Å². The van der Waals surface area contributed by atoms with E-state index in [-0.39, 0.29) is 6.04 Å². The van der Waals surface area contributed by atoms with Crippen LogP contribution in [0.4, 0.5) is 0 Å². The second-order valence-corrected chi connectivity index (χ2v) is 2.30. The Morgan fingerprint density at radius 3 is 2.78 bits per heavy atom. The van der Waals surface area contributed by atoms with Gasteiger partial charge in [0.2, 0.25) is 0 Å². The van der Waals surface area contributed by atoms with E-state index in [9.17, 15) is 0 Å². The molecule has 0 amide bonds. The fourth-order valence-corrected chi connectivity index (χ4v) is 0.736. The van der Waals surface area contributed by atoms with Gasteiger partial charge in [-0.15, -0.1) is 0 Å². The van der Waals surface area contributed by atoms with Gasteiger partial charge in [0.15, 0.2) is 5.11 Å². The second-order valence-electron chi connectivity index (χ2n) is 1.86. The molecule has 0 fully saturated rings. The lowest BCUT2D eigenvalue weighted by molar-refractivity contribution is 0.179. The molecule has 0 spiro atoms. The second kappa shape index (κ2) is 4.52. The molecule has 3 nitrogen and oxygen atoms in total. The van der Waals surface area contributed by atoms with Gasteiger partial charge in [-0.2, -0.15) is 0 Å². The van der Waals surface area contributed by atoms with E-state index in [0.717, 1.165) is 0 Å². The summed E-state index contributed by atoms with van der Waals surface area (Å²) in [6.07, 6.45) is 0. The minimum atomic E-state index is 0.201. The molecule has 9 heavy (non-hydrogen) atoms. The van der Waals surface area contributed by atoms with Gasteiger partial charge in [0.05, 0.1) is 6.61 Å². The first-order chi connectivity index (χ1) is 4.16. The zero-order valence-corrected chi connectivity index (χ0v) is 6.49. The van der Waals surface area contributed by atoms with Crippen LogP contribution >= 0.6 is 12.2 Å². The molecule has 0 rings (SSSR count). The van der Waals surface area contributed by atoms with Gasteiger partial charge in [-0.3, -0.25) is 0 Å². The summed E-state index contributed by atoms with van der Waals surface area (Å²) < 4.78 is 4.83. The van der Waals surface area contributed by atoms with E-state index < -0.39 is 0 Å². The zero-order chi connectivity index (χ0) is 7.28. The summed E-state index contributed by atoms with van der Waals surface area (Å²) in [5.74, 6) is 0. The van der Waals surface area contributed by atoms with Crippen LogP contribution in [0.3, 0.4) is 0 Å². The smallest absolute Gasteiger partial charge is 0.163 e. The number of ether oxygens (including phenoxy) is 1. The van der Waals surface area contributed by atoms with E-state index in [1.165, 1.54) is 0 Å². The van der Waals surface area contributed by atoms with Crippen molar-refractivity contribution in [3.8, 4) is 0 Å². The van der Waals surface area contributed by atoms with Gasteiger partial charge in [-0.25, -0.2) is 0 Å². The molecule has 0 aromatic heterocycles. The summed E-state index contributed by atoms with van der Waals surface area (Å²) in [5.41, 5.74) is 5.19. The lowest BCUT2D eigenvalue weighted by Crippen LogP contribution is -2.38. The molecule has 0 radical (unpaired) electrons. The SMILES string of the molecule is COC[C@@H](C)NC(N)=S. The van der Waals surface area contributed by atoms with Crippen LogP contribution < -0.4 is 11.1 Å². The van der Waals surface area contributed by atoms with Crippen LogP contribution in [-0.4, -0.2) is 24.9 Å². The number of rotatable bonds is 3. The minimum absolute atomic E-state index is 0.201. The molecule has 0 aromatic carbocycles. The van der Waals surface area contributed by atoms with Gasteiger partial charge in [-0.05, 0) is 19.1 Å². The molecule has 0 aliphatic rings. The molecule has 0 aliphatic carbocycles.